The maximum Gasteiger partial charge on any atom is 0.123 e. The summed E-state index contributed by atoms with van der Waals surface area (Å²) in [5.41, 5.74) is 0. The fourth-order valence-electron chi connectivity index (χ4n) is 0.462. The molecule has 0 atom stereocenters. The third-order valence-corrected chi connectivity index (χ3v) is 5.53. The van der Waals surface area contributed by atoms with Gasteiger partial charge in [0.1, 0.15) is 9.21 Å². The van der Waals surface area contributed by atoms with Gasteiger partial charge in [0, 0.05) is 0 Å². The fraction of sp³-hybridized carbons (Fsp3) is 0. The Bertz CT molecular complexity index is 275. The van der Waals surface area contributed by atoms with E-state index in [0.29, 0.717) is 14.2 Å². The Hall–Kier alpha value is 1.36. The SMILES string of the molecule is Clc1c(Br)c(Br)nc(Br)c1Br. The quantitative estimate of drug-likeness (QED) is 0.541. The van der Waals surface area contributed by atoms with Gasteiger partial charge >= 0.3 is 0 Å². The lowest BCUT2D eigenvalue weighted by Gasteiger charge is -2.02. The van der Waals surface area contributed by atoms with Crippen LogP contribution in [0.4, 0.5) is 0 Å². The maximum atomic E-state index is 5.89. The van der Waals surface area contributed by atoms with Gasteiger partial charge in [-0.3, -0.25) is 0 Å². The van der Waals surface area contributed by atoms with Gasteiger partial charge in [0.2, 0.25) is 0 Å². The first-order valence-electron chi connectivity index (χ1n) is 2.39. The zero-order valence-electron chi connectivity index (χ0n) is 4.84. The van der Waals surface area contributed by atoms with Crippen molar-refractivity contribution in [2.75, 3.05) is 0 Å². The van der Waals surface area contributed by atoms with E-state index >= 15 is 0 Å². The Morgan fingerprint density at radius 3 is 1.64 bits per heavy atom. The zero-order valence-corrected chi connectivity index (χ0v) is 11.9. The molecule has 6 heteroatoms. The van der Waals surface area contributed by atoms with Gasteiger partial charge in [-0.05, 0) is 63.7 Å². The van der Waals surface area contributed by atoms with E-state index in [4.69, 9.17) is 11.6 Å². The van der Waals surface area contributed by atoms with Crippen LogP contribution >= 0.6 is 75.3 Å². The molecule has 0 unspecified atom stereocenters. The second kappa shape index (κ2) is 4.05. The molecule has 0 spiro atoms. The van der Waals surface area contributed by atoms with E-state index in [9.17, 15) is 0 Å². The minimum absolute atomic E-state index is 0.596. The number of pyridine rings is 1. The van der Waals surface area contributed by atoms with Crippen LogP contribution in [0.15, 0.2) is 18.2 Å². The molecule has 0 aliphatic carbocycles. The Balaban J connectivity index is 3.46. The smallest absolute Gasteiger partial charge is 0.123 e. The molecule has 1 aromatic heterocycles. The number of aromatic nitrogens is 1. The van der Waals surface area contributed by atoms with Gasteiger partial charge in [0.05, 0.1) is 14.0 Å². The Morgan fingerprint density at radius 2 is 1.27 bits per heavy atom. The van der Waals surface area contributed by atoms with Crippen LogP contribution in [-0.4, -0.2) is 4.98 Å². The van der Waals surface area contributed by atoms with Crippen molar-refractivity contribution in [1.29, 1.82) is 0 Å². The van der Waals surface area contributed by atoms with Gasteiger partial charge in [-0.1, -0.05) is 11.6 Å². The molecule has 0 aromatic carbocycles. The van der Waals surface area contributed by atoms with Crippen LogP contribution < -0.4 is 0 Å². The van der Waals surface area contributed by atoms with Crippen LogP contribution in [0.2, 0.25) is 5.02 Å². The molecule has 0 aliphatic rings. The van der Waals surface area contributed by atoms with Crippen molar-refractivity contribution < 1.29 is 0 Å². The molecule has 11 heavy (non-hydrogen) atoms. The fourth-order valence-corrected chi connectivity index (χ4v) is 2.70. The molecule has 0 saturated carbocycles. The molecule has 0 aliphatic heterocycles. The molecule has 1 rings (SSSR count). The predicted molar refractivity (Wildman–Crippen MR) is 60.0 cm³/mol. The van der Waals surface area contributed by atoms with Gasteiger partial charge in [0.15, 0.2) is 0 Å². The van der Waals surface area contributed by atoms with Gasteiger partial charge in [-0.25, -0.2) is 4.98 Å². The standard InChI is InChI=1S/C5Br4ClN/c6-1-3(10)2(7)5(9)11-4(1)8. The number of halogens is 5. The van der Waals surface area contributed by atoms with Crippen LogP contribution in [0.5, 0.6) is 0 Å². The summed E-state index contributed by atoms with van der Waals surface area (Å²) in [6.07, 6.45) is 0. The third kappa shape index (κ3) is 2.18. The predicted octanol–water partition coefficient (Wildman–Crippen LogP) is 4.79. The molecule has 1 heterocycles. The Labute approximate surface area is 102 Å². The minimum Gasteiger partial charge on any atom is -0.231 e. The number of hydrogen-bond donors (Lipinski definition) is 0. The first kappa shape index (κ1) is 10.4. The number of rotatable bonds is 0. The molecule has 0 bridgehead atoms. The molecule has 0 radical (unpaired) electrons. The Kier molecular flexibility index (Phi) is 3.84. The van der Waals surface area contributed by atoms with Crippen LogP contribution in [-0.2, 0) is 0 Å². The maximum absolute atomic E-state index is 5.89. The third-order valence-electron chi connectivity index (χ3n) is 0.944. The van der Waals surface area contributed by atoms with E-state index in [0.717, 1.165) is 8.95 Å². The lowest BCUT2D eigenvalue weighted by atomic mass is 10.5. The van der Waals surface area contributed by atoms with Gasteiger partial charge in [0.25, 0.3) is 0 Å². The van der Waals surface area contributed by atoms with Gasteiger partial charge < -0.3 is 0 Å². The highest BCUT2D eigenvalue weighted by Crippen LogP contribution is 2.38. The van der Waals surface area contributed by atoms with Gasteiger partial charge in [-0.2, -0.15) is 0 Å². The summed E-state index contributed by atoms with van der Waals surface area (Å²) < 4.78 is 2.85. The normalized spacial score (nSPS) is 10.3. The van der Waals surface area contributed by atoms with Crippen molar-refractivity contribution in [3.8, 4) is 0 Å². The van der Waals surface area contributed by atoms with E-state index in [1.807, 2.05) is 0 Å². The van der Waals surface area contributed by atoms with Crippen LogP contribution in [0, 0.1) is 0 Å². The van der Waals surface area contributed by atoms with E-state index in [2.05, 4.69) is 68.7 Å². The van der Waals surface area contributed by atoms with Crippen LogP contribution in [0.1, 0.15) is 0 Å². The minimum atomic E-state index is 0.596. The first-order valence-corrected chi connectivity index (χ1v) is 5.94. The molecular formula is C5Br4ClN. The van der Waals surface area contributed by atoms with Crippen molar-refractivity contribution in [1.82, 2.24) is 4.98 Å². The summed E-state index contributed by atoms with van der Waals surface area (Å²) in [4.78, 5) is 4.09. The largest absolute Gasteiger partial charge is 0.231 e. The molecule has 0 fully saturated rings. The summed E-state index contributed by atoms with van der Waals surface area (Å²) in [6, 6.07) is 0. The highest BCUT2D eigenvalue weighted by Gasteiger charge is 2.11. The van der Waals surface area contributed by atoms with Crippen LogP contribution in [0.25, 0.3) is 0 Å². The molecule has 0 amide bonds. The Morgan fingerprint density at radius 1 is 0.909 bits per heavy atom. The molecule has 0 N–H and O–H groups in total. The molecule has 0 saturated heterocycles. The highest BCUT2D eigenvalue weighted by atomic mass is 79.9. The second-order valence-electron chi connectivity index (χ2n) is 1.64. The monoisotopic (exact) mass is 425 g/mol. The van der Waals surface area contributed by atoms with Crippen molar-refractivity contribution >= 4 is 75.3 Å². The first-order chi connectivity index (χ1) is 5.04. The summed E-state index contributed by atoms with van der Waals surface area (Å²) >= 11 is 18.9. The van der Waals surface area contributed by atoms with Crippen molar-refractivity contribution in [2.24, 2.45) is 0 Å². The average Bonchev–Trinajstić information content (AvgIpc) is 1.97. The summed E-state index contributed by atoms with van der Waals surface area (Å²) in [7, 11) is 0. The summed E-state index contributed by atoms with van der Waals surface area (Å²) in [5.74, 6) is 0. The van der Waals surface area contributed by atoms with Crippen molar-refractivity contribution in [2.45, 2.75) is 0 Å². The van der Waals surface area contributed by atoms with Crippen LogP contribution in [0.3, 0.4) is 0 Å². The molecule has 1 nitrogen and oxygen atoms in total. The number of nitrogens with zero attached hydrogens (tertiary/aromatic N) is 1. The average molecular weight is 429 g/mol. The van der Waals surface area contributed by atoms with E-state index in [-0.39, 0.29) is 0 Å². The van der Waals surface area contributed by atoms with E-state index in [1.54, 1.807) is 0 Å². The van der Waals surface area contributed by atoms with E-state index < -0.39 is 0 Å². The summed E-state index contributed by atoms with van der Waals surface area (Å²) in [6.45, 7) is 0. The molecule has 60 valence electrons. The molecule has 1 aromatic rings. The highest BCUT2D eigenvalue weighted by molar-refractivity contribution is 9.14. The van der Waals surface area contributed by atoms with Crippen molar-refractivity contribution in [3.63, 3.8) is 0 Å². The lowest BCUT2D eigenvalue weighted by Crippen LogP contribution is -1.83. The van der Waals surface area contributed by atoms with Gasteiger partial charge in [-0.15, -0.1) is 0 Å². The zero-order chi connectivity index (χ0) is 8.59. The second-order valence-corrected chi connectivity index (χ2v) is 5.10. The molecular weight excluding hydrogens is 429 g/mol. The number of hydrogen-bond acceptors (Lipinski definition) is 1. The lowest BCUT2D eigenvalue weighted by molar-refractivity contribution is 1.19. The van der Waals surface area contributed by atoms with E-state index in [1.165, 1.54) is 0 Å². The van der Waals surface area contributed by atoms with Crippen molar-refractivity contribution in [3.05, 3.63) is 23.2 Å². The topological polar surface area (TPSA) is 12.9 Å². The summed E-state index contributed by atoms with van der Waals surface area (Å²) in [5, 5.41) is 0.596.